The molecule has 7 nitrogen and oxygen atoms in total. The molecule has 1 aromatic carbocycles. The quantitative estimate of drug-likeness (QED) is 0.671. The molecule has 0 spiro atoms. The number of hydrogen-bond acceptors (Lipinski definition) is 6. The van der Waals surface area contributed by atoms with E-state index in [-0.39, 0.29) is 24.3 Å². The second kappa shape index (κ2) is 9.42. The minimum absolute atomic E-state index is 0.0341. The number of pyridine rings is 1. The Morgan fingerprint density at radius 2 is 2.00 bits per heavy atom. The Labute approximate surface area is 199 Å². The van der Waals surface area contributed by atoms with Crippen LogP contribution in [0.4, 0.5) is 13.2 Å². The van der Waals surface area contributed by atoms with Gasteiger partial charge in [-0.15, -0.1) is 13.2 Å². The molecule has 1 amide bonds. The van der Waals surface area contributed by atoms with E-state index < -0.39 is 17.8 Å². The van der Waals surface area contributed by atoms with Crippen LogP contribution in [-0.4, -0.2) is 47.4 Å². The number of carbonyl (C=O) groups is 1. The summed E-state index contributed by atoms with van der Waals surface area (Å²) < 4.78 is 46.2. The molecule has 34 heavy (non-hydrogen) atoms. The first kappa shape index (κ1) is 24.3. The molecular formula is C23H24ClF3N4O3. The highest BCUT2D eigenvalue weighted by Gasteiger charge is 2.41. The number of alkyl halides is 3. The van der Waals surface area contributed by atoms with Crippen molar-refractivity contribution in [1.29, 1.82) is 0 Å². The summed E-state index contributed by atoms with van der Waals surface area (Å²) in [7, 11) is 0. The molecule has 2 aromatic rings. The zero-order valence-corrected chi connectivity index (χ0v) is 19.2. The van der Waals surface area contributed by atoms with E-state index in [1.165, 1.54) is 12.3 Å². The van der Waals surface area contributed by atoms with Crippen molar-refractivity contribution < 1.29 is 27.4 Å². The van der Waals surface area contributed by atoms with Crippen molar-refractivity contribution in [3.05, 3.63) is 58.2 Å². The fourth-order valence-corrected chi connectivity index (χ4v) is 4.79. The van der Waals surface area contributed by atoms with Gasteiger partial charge in [-0.25, -0.2) is 9.98 Å². The molecule has 11 heteroatoms. The Balaban J connectivity index is 1.56. The molecule has 2 aliphatic rings. The fraction of sp³-hybridized carbons (Fsp3) is 0.435. The number of ether oxygens (including phenoxy) is 2. The van der Waals surface area contributed by atoms with Gasteiger partial charge in [0.05, 0.1) is 12.0 Å². The minimum Gasteiger partial charge on any atom is -0.388 e. The summed E-state index contributed by atoms with van der Waals surface area (Å²) in [6.45, 7) is 2.96. The Kier molecular flexibility index (Phi) is 6.73. The van der Waals surface area contributed by atoms with E-state index in [9.17, 15) is 18.0 Å². The van der Waals surface area contributed by atoms with Crippen LogP contribution in [0.2, 0.25) is 5.02 Å². The zero-order valence-electron chi connectivity index (χ0n) is 18.4. The number of benzene rings is 1. The largest absolute Gasteiger partial charge is 0.574 e. The van der Waals surface area contributed by atoms with Gasteiger partial charge in [0.2, 0.25) is 11.8 Å². The number of rotatable bonds is 5. The summed E-state index contributed by atoms with van der Waals surface area (Å²) in [6, 6.07) is 8.02. The predicted octanol–water partition coefficient (Wildman–Crippen LogP) is 4.17. The first-order valence-corrected chi connectivity index (χ1v) is 11.2. The zero-order chi connectivity index (χ0) is 24.5. The first-order chi connectivity index (χ1) is 16.1. The number of halogens is 4. The highest BCUT2D eigenvalue weighted by atomic mass is 35.5. The molecule has 2 aliphatic heterocycles. The van der Waals surface area contributed by atoms with Crippen LogP contribution in [-0.2, 0) is 21.5 Å². The molecule has 1 fully saturated rings. The third-order valence-corrected chi connectivity index (χ3v) is 6.45. The lowest BCUT2D eigenvalue weighted by atomic mass is 9.85. The third kappa shape index (κ3) is 5.28. The number of aromatic nitrogens is 1. The van der Waals surface area contributed by atoms with Crippen LogP contribution >= 0.6 is 11.6 Å². The van der Waals surface area contributed by atoms with E-state index in [1.807, 2.05) is 6.92 Å². The standard InChI is InChI=1S/C23H24ClF3N4O3/c1-22(12-19(32)31(21(28)30-22)16-7-9-33-10-8-16)17-4-2-3-15(20(17)24)11-14-5-6-18(29-13-14)34-23(25,26)27/h2-6,13,16H,7-12H2,1H3,(H2,28,30)/t22-/m0/s1. The Hall–Kier alpha value is -2.85. The molecule has 0 saturated carbocycles. The highest BCUT2D eigenvalue weighted by molar-refractivity contribution is 6.32. The molecule has 1 aromatic heterocycles. The summed E-state index contributed by atoms with van der Waals surface area (Å²) in [5.41, 5.74) is 7.33. The van der Waals surface area contributed by atoms with Crippen LogP contribution < -0.4 is 10.5 Å². The summed E-state index contributed by atoms with van der Waals surface area (Å²) in [6.07, 6.45) is -1.66. The van der Waals surface area contributed by atoms with E-state index >= 15 is 0 Å². The average Bonchev–Trinajstić information content (AvgIpc) is 2.75. The van der Waals surface area contributed by atoms with Gasteiger partial charge in [0.15, 0.2) is 5.96 Å². The van der Waals surface area contributed by atoms with Gasteiger partial charge in [-0.2, -0.15) is 0 Å². The number of nitrogens with zero attached hydrogens (tertiary/aromatic N) is 3. The lowest BCUT2D eigenvalue weighted by Crippen LogP contribution is -2.55. The van der Waals surface area contributed by atoms with Gasteiger partial charge in [-0.1, -0.05) is 35.9 Å². The molecule has 1 saturated heterocycles. The first-order valence-electron chi connectivity index (χ1n) is 10.8. The monoisotopic (exact) mass is 496 g/mol. The van der Waals surface area contributed by atoms with E-state index in [0.717, 1.165) is 11.6 Å². The summed E-state index contributed by atoms with van der Waals surface area (Å²) in [5.74, 6) is -0.493. The molecule has 1 atom stereocenters. The number of aliphatic imine (C=N–C) groups is 1. The number of hydrogen-bond donors (Lipinski definition) is 1. The van der Waals surface area contributed by atoms with Gasteiger partial charge in [0.1, 0.15) is 0 Å². The maximum atomic E-state index is 13.1. The summed E-state index contributed by atoms with van der Waals surface area (Å²) in [5, 5.41) is 0.421. The van der Waals surface area contributed by atoms with E-state index in [0.29, 0.717) is 48.6 Å². The number of carbonyl (C=O) groups excluding carboxylic acids is 1. The Morgan fingerprint density at radius 1 is 1.26 bits per heavy atom. The third-order valence-electron chi connectivity index (χ3n) is 6.00. The predicted molar refractivity (Wildman–Crippen MR) is 119 cm³/mol. The topological polar surface area (TPSA) is 90.0 Å². The molecule has 0 radical (unpaired) electrons. The molecule has 0 unspecified atom stereocenters. The molecular weight excluding hydrogens is 473 g/mol. The summed E-state index contributed by atoms with van der Waals surface area (Å²) in [4.78, 5) is 23.1. The van der Waals surface area contributed by atoms with E-state index in [1.54, 1.807) is 23.1 Å². The molecule has 2 N–H and O–H groups in total. The minimum atomic E-state index is -4.80. The van der Waals surface area contributed by atoms with Crippen molar-refractivity contribution in [2.75, 3.05) is 13.2 Å². The number of guanidine groups is 1. The second-order valence-electron chi connectivity index (χ2n) is 8.54. The van der Waals surface area contributed by atoms with E-state index in [4.69, 9.17) is 22.1 Å². The molecule has 182 valence electrons. The van der Waals surface area contributed by atoms with Crippen LogP contribution in [0.1, 0.15) is 42.9 Å². The molecule has 4 rings (SSSR count). The lowest BCUT2D eigenvalue weighted by molar-refractivity contribution is -0.276. The van der Waals surface area contributed by atoms with Crippen LogP contribution in [0.15, 0.2) is 41.5 Å². The summed E-state index contributed by atoms with van der Waals surface area (Å²) >= 11 is 6.74. The van der Waals surface area contributed by atoms with Gasteiger partial charge >= 0.3 is 6.36 Å². The van der Waals surface area contributed by atoms with Crippen molar-refractivity contribution in [2.24, 2.45) is 10.7 Å². The van der Waals surface area contributed by atoms with Crippen LogP contribution in [0.3, 0.4) is 0 Å². The van der Waals surface area contributed by atoms with Crippen LogP contribution in [0.5, 0.6) is 5.88 Å². The van der Waals surface area contributed by atoms with Gasteiger partial charge < -0.3 is 15.2 Å². The Bertz CT molecular complexity index is 1090. The van der Waals surface area contributed by atoms with Crippen molar-refractivity contribution in [3.63, 3.8) is 0 Å². The van der Waals surface area contributed by atoms with Crippen molar-refractivity contribution >= 4 is 23.5 Å². The van der Waals surface area contributed by atoms with Gasteiger partial charge in [-0.3, -0.25) is 9.69 Å². The fourth-order valence-electron chi connectivity index (χ4n) is 4.39. The van der Waals surface area contributed by atoms with Crippen molar-refractivity contribution in [3.8, 4) is 5.88 Å². The highest BCUT2D eigenvalue weighted by Crippen LogP contribution is 2.40. The maximum absolute atomic E-state index is 13.1. The van der Waals surface area contributed by atoms with Crippen molar-refractivity contribution in [1.82, 2.24) is 9.88 Å². The lowest BCUT2D eigenvalue weighted by Gasteiger charge is -2.40. The molecule has 0 aliphatic carbocycles. The Morgan fingerprint density at radius 3 is 2.62 bits per heavy atom. The van der Waals surface area contributed by atoms with Gasteiger partial charge in [0, 0.05) is 43.0 Å². The normalized spacial score (nSPS) is 22.0. The van der Waals surface area contributed by atoms with E-state index in [2.05, 4.69) is 14.7 Å². The number of nitrogens with two attached hydrogens (primary N) is 1. The average molecular weight is 497 g/mol. The molecule has 0 bridgehead atoms. The number of amides is 1. The van der Waals surface area contributed by atoms with Gasteiger partial charge in [-0.05, 0) is 36.5 Å². The van der Waals surface area contributed by atoms with Gasteiger partial charge in [0.25, 0.3) is 0 Å². The van der Waals surface area contributed by atoms with Crippen molar-refractivity contribution in [2.45, 2.75) is 50.6 Å². The molecule has 3 heterocycles. The smallest absolute Gasteiger partial charge is 0.388 e. The maximum Gasteiger partial charge on any atom is 0.574 e. The SMILES string of the molecule is C[C@@]1(c2cccc(Cc3ccc(OC(F)(F)F)nc3)c2Cl)CC(=O)N(C2CCOCC2)C(N)=N1. The second-order valence-corrected chi connectivity index (χ2v) is 8.91. The van der Waals surface area contributed by atoms with Crippen LogP contribution in [0.25, 0.3) is 0 Å². The van der Waals surface area contributed by atoms with Crippen LogP contribution in [0, 0.1) is 0 Å².